The molecule has 2 aliphatic rings. The van der Waals surface area contributed by atoms with Crippen LogP contribution in [0.15, 0.2) is 0 Å². The molecule has 102 valence electrons. The Labute approximate surface area is 106 Å². The van der Waals surface area contributed by atoms with Gasteiger partial charge < -0.3 is 25.0 Å². The maximum Gasteiger partial charge on any atom is 0.329 e. The fraction of sp³-hybridized carbons (Fsp3) is 0.818. The van der Waals surface area contributed by atoms with Crippen LogP contribution >= 0.6 is 0 Å². The van der Waals surface area contributed by atoms with E-state index in [1.807, 2.05) is 9.80 Å². The zero-order chi connectivity index (χ0) is 13.0. The monoisotopic (exact) mass is 257 g/mol. The summed E-state index contributed by atoms with van der Waals surface area (Å²) in [5.41, 5.74) is 0. The minimum absolute atomic E-state index is 0.0970. The molecule has 0 spiro atoms. The summed E-state index contributed by atoms with van der Waals surface area (Å²) in [6.07, 6.45) is 0.674. The van der Waals surface area contributed by atoms with E-state index in [0.29, 0.717) is 19.6 Å². The predicted molar refractivity (Wildman–Crippen MR) is 63.4 cm³/mol. The molecular weight excluding hydrogens is 238 g/mol. The second-order valence-corrected chi connectivity index (χ2v) is 4.58. The van der Waals surface area contributed by atoms with Gasteiger partial charge in [0, 0.05) is 39.3 Å². The van der Waals surface area contributed by atoms with Crippen molar-refractivity contribution in [2.24, 2.45) is 0 Å². The number of rotatable bonds is 6. The van der Waals surface area contributed by atoms with E-state index in [2.05, 4.69) is 5.32 Å². The molecule has 18 heavy (non-hydrogen) atoms. The van der Waals surface area contributed by atoms with Crippen LogP contribution in [0.25, 0.3) is 0 Å². The van der Waals surface area contributed by atoms with Crippen LogP contribution in [-0.4, -0.2) is 78.9 Å². The maximum atomic E-state index is 12.0. The predicted octanol–water partition coefficient (Wildman–Crippen LogP) is -0.813. The number of carbonyl (C=O) groups is 2. The van der Waals surface area contributed by atoms with Gasteiger partial charge in [-0.1, -0.05) is 0 Å². The number of urea groups is 1. The number of fused-ring (bicyclic) bond motifs is 1. The van der Waals surface area contributed by atoms with Crippen molar-refractivity contribution in [2.45, 2.75) is 12.5 Å². The Kier molecular flexibility index (Phi) is 4.38. The maximum absolute atomic E-state index is 12.0. The van der Waals surface area contributed by atoms with Crippen LogP contribution in [0.4, 0.5) is 4.79 Å². The Morgan fingerprint density at radius 2 is 2.39 bits per heavy atom. The minimum atomic E-state index is -0.963. The summed E-state index contributed by atoms with van der Waals surface area (Å²) in [5, 5.41) is 11.7. The third-order valence-corrected chi connectivity index (χ3v) is 3.24. The second kappa shape index (κ2) is 6.01. The molecule has 0 radical (unpaired) electrons. The minimum Gasteiger partial charge on any atom is -0.480 e. The number of ether oxygens (including phenoxy) is 1. The summed E-state index contributed by atoms with van der Waals surface area (Å²) in [6.45, 7) is 3.98. The Morgan fingerprint density at radius 3 is 3.11 bits per heavy atom. The van der Waals surface area contributed by atoms with Gasteiger partial charge in [0.25, 0.3) is 0 Å². The van der Waals surface area contributed by atoms with Gasteiger partial charge in [0.15, 0.2) is 0 Å². The molecule has 0 aromatic rings. The van der Waals surface area contributed by atoms with Crippen LogP contribution in [-0.2, 0) is 9.53 Å². The molecule has 2 fully saturated rings. The summed E-state index contributed by atoms with van der Waals surface area (Å²) in [5.74, 6) is -0.963. The normalized spacial score (nSPS) is 23.3. The molecule has 2 saturated heterocycles. The number of hydrogen-bond acceptors (Lipinski definition) is 4. The molecule has 2 amide bonds. The molecule has 2 aliphatic heterocycles. The highest BCUT2D eigenvalue weighted by Crippen LogP contribution is 2.17. The molecule has 1 atom stereocenters. The average molecular weight is 257 g/mol. The van der Waals surface area contributed by atoms with Crippen LogP contribution < -0.4 is 5.32 Å². The van der Waals surface area contributed by atoms with Gasteiger partial charge in [0.1, 0.15) is 6.61 Å². The fourth-order valence-corrected chi connectivity index (χ4v) is 2.39. The van der Waals surface area contributed by atoms with Crippen molar-refractivity contribution in [3.63, 3.8) is 0 Å². The van der Waals surface area contributed by atoms with Crippen molar-refractivity contribution >= 4 is 12.0 Å². The number of piperazine rings is 1. The summed E-state index contributed by atoms with van der Waals surface area (Å²) >= 11 is 0. The van der Waals surface area contributed by atoms with Gasteiger partial charge in [-0.15, -0.1) is 0 Å². The van der Waals surface area contributed by atoms with Crippen molar-refractivity contribution in [3.8, 4) is 0 Å². The lowest BCUT2D eigenvalue weighted by molar-refractivity contribution is -0.142. The quantitative estimate of drug-likeness (QED) is 0.608. The lowest BCUT2D eigenvalue weighted by Crippen LogP contribution is -2.49. The van der Waals surface area contributed by atoms with E-state index in [0.717, 1.165) is 26.2 Å². The first kappa shape index (κ1) is 13.1. The molecule has 0 saturated carbocycles. The standard InChI is InChI=1S/C11H19N3O4/c15-10(16)8-18-5-1-3-13-7-9-6-12-2-4-14(9)11(13)17/h9,12H,1-8H2,(H,15,16)/t9-/m0/s1. The third kappa shape index (κ3) is 3.11. The summed E-state index contributed by atoms with van der Waals surface area (Å²) in [6, 6.07) is 0.380. The van der Waals surface area contributed by atoms with E-state index in [-0.39, 0.29) is 18.7 Å². The number of hydrogen-bond donors (Lipinski definition) is 2. The SMILES string of the molecule is O=C(O)COCCCN1C[C@@H]2CNCCN2C1=O. The average Bonchev–Trinajstić information content (AvgIpc) is 2.66. The molecule has 2 N–H and O–H groups in total. The van der Waals surface area contributed by atoms with Crippen LogP contribution in [0.1, 0.15) is 6.42 Å². The van der Waals surface area contributed by atoms with E-state index in [1.54, 1.807) is 0 Å². The largest absolute Gasteiger partial charge is 0.480 e. The summed E-state index contributed by atoms with van der Waals surface area (Å²) in [7, 11) is 0. The molecule has 0 aliphatic carbocycles. The first-order valence-corrected chi connectivity index (χ1v) is 6.24. The highest BCUT2D eigenvalue weighted by Gasteiger charge is 2.37. The highest BCUT2D eigenvalue weighted by atomic mass is 16.5. The van der Waals surface area contributed by atoms with Gasteiger partial charge >= 0.3 is 12.0 Å². The number of aliphatic carboxylic acids is 1. The second-order valence-electron chi connectivity index (χ2n) is 4.58. The van der Waals surface area contributed by atoms with E-state index in [9.17, 15) is 9.59 Å². The molecule has 7 nitrogen and oxygen atoms in total. The van der Waals surface area contributed by atoms with E-state index >= 15 is 0 Å². The van der Waals surface area contributed by atoms with Crippen molar-refractivity contribution in [1.82, 2.24) is 15.1 Å². The Bertz CT molecular complexity index is 323. The van der Waals surface area contributed by atoms with Gasteiger partial charge in [-0.05, 0) is 6.42 Å². The zero-order valence-corrected chi connectivity index (χ0v) is 10.3. The van der Waals surface area contributed by atoms with E-state index < -0.39 is 5.97 Å². The summed E-state index contributed by atoms with van der Waals surface area (Å²) < 4.78 is 4.95. The van der Waals surface area contributed by atoms with Crippen LogP contribution in [0.2, 0.25) is 0 Å². The number of carbonyl (C=O) groups excluding carboxylic acids is 1. The molecule has 2 rings (SSSR count). The zero-order valence-electron chi connectivity index (χ0n) is 10.3. The number of carboxylic acid groups (broad SMARTS) is 1. The van der Waals surface area contributed by atoms with Crippen molar-refractivity contribution in [2.75, 3.05) is 45.9 Å². The van der Waals surface area contributed by atoms with Crippen LogP contribution in [0.5, 0.6) is 0 Å². The lowest BCUT2D eigenvalue weighted by atomic mass is 10.2. The van der Waals surface area contributed by atoms with E-state index in [1.165, 1.54) is 0 Å². The van der Waals surface area contributed by atoms with Gasteiger partial charge in [-0.2, -0.15) is 0 Å². The van der Waals surface area contributed by atoms with Gasteiger partial charge in [-0.25, -0.2) is 9.59 Å². The highest BCUT2D eigenvalue weighted by molar-refractivity contribution is 5.77. The van der Waals surface area contributed by atoms with Gasteiger partial charge in [-0.3, -0.25) is 0 Å². The molecule has 7 heteroatoms. The topological polar surface area (TPSA) is 82.1 Å². The first-order valence-electron chi connectivity index (χ1n) is 6.24. The molecular formula is C11H19N3O4. The first-order chi connectivity index (χ1) is 8.68. The van der Waals surface area contributed by atoms with E-state index in [4.69, 9.17) is 9.84 Å². The molecule has 0 aromatic carbocycles. The number of amides is 2. The number of carboxylic acids is 1. The summed E-state index contributed by atoms with van der Waals surface area (Å²) in [4.78, 5) is 26.0. The van der Waals surface area contributed by atoms with Crippen molar-refractivity contribution in [1.29, 1.82) is 0 Å². The Hall–Kier alpha value is -1.34. The number of nitrogens with one attached hydrogen (secondary N) is 1. The Morgan fingerprint density at radius 1 is 1.56 bits per heavy atom. The fourth-order valence-electron chi connectivity index (χ4n) is 2.39. The van der Waals surface area contributed by atoms with Gasteiger partial charge in [0.05, 0.1) is 6.04 Å². The van der Waals surface area contributed by atoms with Gasteiger partial charge in [0.2, 0.25) is 0 Å². The molecule has 2 heterocycles. The Balaban J connectivity index is 1.67. The third-order valence-electron chi connectivity index (χ3n) is 3.24. The molecule has 0 bridgehead atoms. The van der Waals surface area contributed by atoms with Crippen LogP contribution in [0, 0.1) is 0 Å². The van der Waals surface area contributed by atoms with Crippen LogP contribution in [0.3, 0.4) is 0 Å². The smallest absolute Gasteiger partial charge is 0.329 e. The van der Waals surface area contributed by atoms with Crippen molar-refractivity contribution in [3.05, 3.63) is 0 Å². The lowest BCUT2D eigenvalue weighted by Gasteiger charge is -2.28. The number of nitrogens with zero attached hydrogens (tertiary/aromatic N) is 2. The molecule has 0 unspecified atom stereocenters. The molecule has 0 aromatic heterocycles. The van der Waals surface area contributed by atoms with Crippen molar-refractivity contribution < 1.29 is 19.4 Å².